The molecule has 3 rings (SSSR count). The van der Waals surface area contributed by atoms with Crippen LogP contribution in [0.1, 0.15) is 48.3 Å². The van der Waals surface area contributed by atoms with E-state index in [4.69, 9.17) is 4.74 Å². The SMILES string of the molecule is COc1cccc([C@H]2CCCc3ccccc3[C@]2(O)CCCN(C)C)c1. The van der Waals surface area contributed by atoms with Crippen molar-refractivity contribution in [3.8, 4) is 5.75 Å². The van der Waals surface area contributed by atoms with Gasteiger partial charge in [0.2, 0.25) is 0 Å². The molecule has 0 saturated heterocycles. The molecule has 0 amide bonds. The van der Waals surface area contributed by atoms with E-state index in [1.165, 1.54) is 11.1 Å². The smallest absolute Gasteiger partial charge is 0.119 e. The van der Waals surface area contributed by atoms with Crippen molar-refractivity contribution in [1.82, 2.24) is 4.90 Å². The van der Waals surface area contributed by atoms with E-state index in [1.54, 1.807) is 7.11 Å². The van der Waals surface area contributed by atoms with Crippen LogP contribution in [0.5, 0.6) is 5.75 Å². The molecule has 0 saturated carbocycles. The summed E-state index contributed by atoms with van der Waals surface area (Å²) in [6.45, 7) is 0.981. The van der Waals surface area contributed by atoms with Crippen molar-refractivity contribution in [2.45, 2.75) is 43.6 Å². The highest BCUT2D eigenvalue weighted by Gasteiger charge is 2.41. The average Bonchev–Trinajstić information content (AvgIpc) is 2.79. The summed E-state index contributed by atoms with van der Waals surface area (Å²) in [6.07, 6.45) is 4.85. The number of fused-ring (bicyclic) bond motifs is 1. The number of methoxy groups -OCH3 is 1. The van der Waals surface area contributed by atoms with Crippen molar-refractivity contribution in [3.63, 3.8) is 0 Å². The Morgan fingerprint density at radius 3 is 2.73 bits per heavy atom. The highest BCUT2D eigenvalue weighted by molar-refractivity contribution is 5.40. The summed E-state index contributed by atoms with van der Waals surface area (Å²) in [5.41, 5.74) is 2.75. The number of nitrogens with zero attached hydrogens (tertiary/aromatic N) is 1. The maximum atomic E-state index is 12.0. The molecule has 2 atom stereocenters. The van der Waals surface area contributed by atoms with Crippen LogP contribution in [-0.2, 0) is 12.0 Å². The van der Waals surface area contributed by atoms with E-state index in [0.717, 1.165) is 50.0 Å². The van der Waals surface area contributed by atoms with Crippen molar-refractivity contribution in [1.29, 1.82) is 0 Å². The number of benzene rings is 2. The third-order valence-electron chi connectivity index (χ3n) is 5.66. The zero-order valence-corrected chi connectivity index (χ0v) is 16.2. The van der Waals surface area contributed by atoms with Gasteiger partial charge >= 0.3 is 0 Å². The minimum atomic E-state index is -0.838. The van der Waals surface area contributed by atoms with E-state index >= 15 is 0 Å². The lowest BCUT2D eigenvalue weighted by Crippen LogP contribution is -2.34. The quantitative estimate of drug-likeness (QED) is 0.784. The van der Waals surface area contributed by atoms with Gasteiger partial charge in [-0.25, -0.2) is 0 Å². The monoisotopic (exact) mass is 353 g/mol. The van der Waals surface area contributed by atoms with Crippen LogP contribution in [0.15, 0.2) is 48.5 Å². The van der Waals surface area contributed by atoms with Crippen LogP contribution in [0, 0.1) is 0 Å². The molecular formula is C23H31NO2. The molecule has 1 aliphatic rings. The molecule has 140 valence electrons. The molecule has 0 bridgehead atoms. The lowest BCUT2D eigenvalue weighted by Gasteiger charge is -2.37. The van der Waals surface area contributed by atoms with Crippen molar-refractivity contribution in [2.75, 3.05) is 27.7 Å². The molecule has 2 aromatic rings. The topological polar surface area (TPSA) is 32.7 Å². The lowest BCUT2D eigenvalue weighted by atomic mass is 9.73. The maximum absolute atomic E-state index is 12.0. The lowest BCUT2D eigenvalue weighted by molar-refractivity contribution is -0.00608. The van der Waals surface area contributed by atoms with Gasteiger partial charge in [0, 0.05) is 5.92 Å². The first kappa shape index (κ1) is 18.9. The van der Waals surface area contributed by atoms with Crippen molar-refractivity contribution in [2.24, 2.45) is 0 Å². The normalized spacial score (nSPS) is 22.7. The molecule has 1 aliphatic carbocycles. The second kappa shape index (κ2) is 8.24. The Kier molecular flexibility index (Phi) is 6.00. The Labute approximate surface area is 157 Å². The molecule has 1 N–H and O–H groups in total. The van der Waals surface area contributed by atoms with Crippen LogP contribution in [0.2, 0.25) is 0 Å². The fourth-order valence-corrected chi connectivity index (χ4v) is 4.36. The summed E-state index contributed by atoms with van der Waals surface area (Å²) in [7, 11) is 5.88. The van der Waals surface area contributed by atoms with Crippen molar-refractivity contribution in [3.05, 3.63) is 65.2 Å². The number of hydrogen-bond acceptors (Lipinski definition) is 3. The molecule has 0 spiro atoms. The van der Waals surface area contributed by atoms with Gasteiger partial charge in [-0.05, 0) is 81.6 Å². The van der Waals surface area contributed by atoms with Crippen LogP contribution in [0.4, 0.5) is 0 Å². The minimum absolute atomic E-state index is 0.0865. The van der Waals surface area contributed by atoms with Gasteiger partial charge in [-0.1, -0.05) is 36.4 Å². The summed E-state index contributed by atoms with van der Waals surface area (Å²) < 4.78 is 5.44. The highest BCUT2D eigenvalue weighted by Crippen LogP contribution is 2.47. The van der Waals surface area contributed by atoms with Crippen molar-refractivity contribution < 1.29 is 9.84 Å². The van der Waals surface area contributed by atoms with E-state index in [-0.39, 0.29) is 5.92 Å². The fourth-order valence-electron chi connectivity index (χ4n) is 4.36. The van der Waals surface area contributed by atoms with E-state index < -0.39 is 5.60 Å². The van der Waals surface area contributed by atoms with Crippen LogP contribution in [-0.4, -0.2) is 37.8 Å². The first-order chi connectivity index (χ1) is 12.5. The second-order valence-corrected chi connectivity index (χ2v) is 7.71. The number of aryl methyl sites for hydroxylation is 1. The zero-order chi connectivity index (χ0) is 18.6. The molecule has 3 nitrogen and oxygen atoms in total. The fraction of sp³-hybridized carbons (Fsp3) is 0.478. The van der Waals surface area contributed by atoms with E-state index in [9.17, 15) is 5.11 Å². The largest absolute Gasteiger partial charge is 0.497 e. The van der Waals surface area contributed by atoms with Gasteiger partial charge in [0.05, 0.1) is 12.7 Å². The third kappa shape index (κ3) is 3.94. The Hall–Kier alpha value is -1.84. The van der Waals surface area contributed by atoms with Gasteiger partial charge < -0.3 is 14.7 Å². The van der Waals surface area contributed by atoms with E-state index in [0.29, 0.717) is 0 Å². The van der Waals surface area contributed by atoms with Crippen LogP contribution >= 0.6 is 0 Å². The molecular weight excluding hydrogens is 322 g/mol. The molecule has 3 heteroatoms. The summed E-state index contributed by atoms with van der Waals surface area (Å²) in [6, 6.07) is 16.7. The Morgan fingerprint density at radius 2 is 1.96 bits per heavy atom. The van der Waals surface area contributed by atoms with Crippen molar-refractivity contribution >= 4 is 0 Å². The molecule has 0 aromatic heterocycles. The summed E-state index contributed by atoms with van der Waals surface area (Å²) in [5, 5.41) is 12.0. The Bertz CT molecular complexity index is 728. The van der Waals surface area contributed by atoms with E-state index in [2.05, 4.69) is 55.4 Å². The number of rotatable bonds is 6. The van der Waals surface area contributed by atoms with Gasteiger partial charge in [-0.15, -0.1) is 0 Å². The average molecular weight is 354 g/mol. The summed E-state index contributed by atoms with van der Waals surface area (Å²) in [4.78, 5) is 2.19. The number of hydrogen-bond donors (Lipinski definition) is 1. The second-order valence-electron chi connectivity index (χ2n) is 7.71. The maximum Gasteiger partial charge on any atom is 0.119 e. The Balaban J connectivity index is 2.02. The summed E-state index contributed by atoms with van der Waals surface area (Å²) >= 11 is 0. The van der Waals surface area contributed by atoms with Gasteiger partial charge in [0.15, 0.2) is 0 Å². The van der Waals surface area contributed by atoms with Crippen LogP contribution in [0.3, 0.4) is 0 Å². The van der Waals surface area contributed by atoms with Gasteiger partial charge in [-0.2, -0.15) is 0 Å². The standard InChI is InChI=1S/C23H31NO2/c1-24(2)16-8-15-23(25)21-13-5-4-9-18(21)10-7-14-22(23)19-11-6-12-20(17-19)26-3/h4-6,9,11-13,17,22,25H,7-8,10,14-16H2,1-3H3/t22-,23-/m1/s1. The first-order valence-corrected chi connectivity index (χ1v) is 9.64. The van der Waals surface area contributed by atoms with Crippen LogP contribution < -0.4 is 4.74 Å². The van der Waals surface area contributed by atoms with E-state index in [1.807, 2.05) is 12.1 Å². The van der Waals surface area contributed by atoms with Gasteiger partial charge in [0.25, 0.3) is 0 Å². The number of aliphatic hydroxyl groups is 1. The van der Waals surface area contributed by atoms with Crippen LogP contribution in [0.25, 0.3) is 0 Å². The number of ether oxygens (including phenoxy) is 1. The Morgan fingerprint density at radius 1 is 1.15 bits per heavy atom. The first-order valence-electron chi connectivity index (χ1n) is 9.64. The highest BCUT2D eigenvalue weighted by atomic mass is 16.5. The third-order valence-corrected chi connectivity index (χ3v) is 5.66. The molecule has 0 heterocycles. The zero-order valence-electron chi connectivity index (χ0n) is 16.2. The molecule has 0 aliphatic heterocycles. The summed E-state index contributed by atoms with van der Waals surface area (Å²) in [5.74, 6) is 0.944. The minimum Gasteiger partial charge on any atom is -0.497 e. The molecule has 0 fully saturated rings. The van der Waals surface area contributed by atoms with Gasteiger partial charge in [0.1, 0.15) is 5.75 Å². The predicted octanol–water partition coefficient (Wildman–Crippen LogP) is 4.34. The molecule has 0 unspecified atom stereocenters. The van der Waals surface area contributed by atoms with Gasteiger partial charge in [-0.3, -0.25) is 0 Å². The molecule has 26 heavy (non-hydrogen) atoms. The molecule has 2 aromatic carbocycles. The molecule has 0 radical (unpaired) electrons. The predicted molar refractivity (Wildman–Crippen MR) is 107 cm³/mol.